The summed E-state index contributed by atoms with van der Waals surface area (Å²) in [6.45, 7) is 16.7. The maximum absolute atomic E-state index is 10.9. The van der Waals surface area contributed by atoms with E-state index >= 15 is 0 Å². The fourth-order valence-electron chi connectivity index (χ4n) is 1.78. The van der Waals surface area contributed by atoms with Crippen LogP contribution in [0.1, 0.15) is 40.5 Å². The van der Waals surface area contributed by atoms with E-state index in [9.17, 15) is 9.59 Å². The minimum absolute atomic E-state index is 0.326. The predicted octanol–water partition coefficient (Wildman–Crippen LogP) is 3.28. The molecule has 0 aliphatic heterocycles. The van der Waals surface area contributed by atoms with Crippen LogP contribution in [0.5, 0.6) is 0 Å². The molecule has 0 atom stereocenters. The molecule has 8 heteroatoms. The monoisotopic (exact) mass is 390 g/mol. The van der Waals surface area contributed by atoms with E-state index in [-0.39, 0.29) is 5.97 Å². The van der Waals surface area contributed by atoms with Crippen molar-refractivity contribution in [3.05, 3.63) is 25.3 Å². The second-order valence-electron chi connectivity index (χ2n) is 4.83. The van der Waals surface area contributed by atoms with Gasteiger partial charge in [0.1, 0.15) is 0 Å². The van der Waals surface area contributed by atoms with Crippen molar-refractivity contribution in [3.8, 4) is 0 Å². The molecule has 0 saturated heterocycles. The molecule has 0 heterocycles. The van der Waals surface area contributed by atoms with E-state index in [0.717, 1.165) is 18.6 Å². The zero-order valence-electron chi connectivity index (χ0n) is 16.6. The largest absolute Gasteiger partial charge is 0.501 e. The molecular formula is C18H34O7Si. The smallest absolute Gasteiger partial charge is 0.463 e. The highest BCUT2D eigenvalue weighted by molar-refractivity contribution is 6.60. The molecule has 0 bridgehead atoms. The quantitative estimate of drug-likeness (QED) is 0.195. The molecule has 0 unspecified atom stereocenters. The van der Waals surface area contributed by atoms with Crippen LogP contribution in [0.25, 0.3) is 0 Å². The molecule has 152 valence electrons. The Balaban J connectivity index is 0. The summed E-state index contributed by atoms with van der Waals surface area (Å²) in [5.41, 5.74) is 0. The van der Waals surface area contributed by atoms with Gasteiger partial charge in [-0.05, 0) is 33.6 Å². The Bertz CT molecular complexity index is 382. The van der Waals surface area contributed by atoms with E-state index < -0.39 is 14.8 Å². The van der Waals surface area contributed by atoms with Gasteiger partial charge in [0.25, 0.3) is 0 Å². The van der Waals surface area contributed by atoms with Gasteiger partial charge in [-0.1, -0.05) is 20.1 Å². The van der Waals surface area contributed by atoms with Crippen LogP contribution in [0.2, 0.25) is 6.04 Å². The molecular weight excluding hydrogens is 356 g/mol. The number of rotatable bonds is 14. The molecule has 0 N–H and O–H groups in total. The van der Waals surface area contributed by atoms with Gasteiger partial charge in [-0.25, -0.2) is 9.59 Å². The van der Waals surface area contributed by atoms with Crippen LogP contribution in [-0.2, 0) is 32.3 Å². The Morgan fingerprint density at radius 2 is 1.23 bits per heavy atom. The fourth-order valence-corrected chi connectivity index (χ4v) is 4.36. The number of carbonyl (C=O) groups excluding carboxylic acids is 2. The molecule has 0 saturated carbocycles. The third-order valence-electron chi connectivity index (χ3n) is 2.75. The minimum atomic E-state index is -2.59. The Hall–Kier alpha value is -1.48. The first-order valence-corrected chi connectivity index (χ1v) is 10.9. The van der Waals surface area contributed by atoms with Crippen molar-refractivity contribution in [1.82, 2.24) is 0 Å². The maximum atomic E-state index is 10.9. The first kappa shape index (κ1) is 26.7. The normalized spacial score (nSPS) is 10.3. The fraction of sp³-hybridized carbons (Fsp3) is 0.667. The van der Waals surface area contributed by atoms with Crippen molar-refractivity contribution < 1.29 is 32.3 Å². The number of ether oxygens (including phenoxy) is 2. The summed E-state index contributed by atoms with van der Waals surface area (Å²) in [6, 6.07) is 0.646. The molecule has 0 aliphatic rings. The van der Waals surface area contributed by atoms with Gasteiger partial charge in [-0.2, -0.15) is 0 Å². The second kappa shape index (κ2) is 18.3. The van der Waals surface area contributed by atoms with Gasteiger partial charge in [0, 0.05) is 38.0 Å². The lowest BCUT2D eigenvalue weighted by atomic mass is 10.5. The SMILES string of the molecule is C=CC(=O)OCCC.C=CC(=O)OCCC[Si](OCC)(OCC)OCC. The summed E-state index contributed by atoms with van der Waals surface area (Å²) < 4.78 is 26.5. The van der Waals surface area contributed by atoms with Crippen LogP contribution in [0.3, 0.4) is 0 Å². The van der Waals surface area contributed by atoms with Gasteiger partial charge in [0.15, 0.2) is 0 Å². The lowest BCUT2D eigenvalue weighted by Crippen LogP contribution is -2.46. The summed E-state index contributed by atoms with van der Waals surface area (Å²) in [4.78, 5) is 21.1. The highest BCUT2D eigenvalue weighted by Gasteiger charge is 2.39. The minimum Gasteiger partial charge on any atom is -0.463 e. The Morgan fingerprint density at radius 1 is 0.808 bits per heavy atom. The van der Waals surface area contributed by atoms with Gasteiger partial charge >= 0.3 is 20.7 Å². The standard InChI is InChI=1S/C12H24O5Si.C6H10O2/c1-5-12(13)14-10-9-11-18(15-6-2,16-7-3)17-8-4;1-3-5-8-6(7)4-2/h5H,1,6-11H2,2-4H3;4H,2-3,5H2,1H3. The first-order valence-electron chi connectivity index (χ1n) is 8.95. The average molecular weight is 391 g/mol. The van der Waals surface area contributed by atoms with Gasteiger partial charge in [0.05, 0.1) is 13.2 Å². The van der Waals surface area contributed by atoms with Crippen LogP contribution in [0.4, 0.5) is 0 Å². The second-order valence-corrected chi connectivity index (χ2v) is 7.56. The average Bonchev–Trinajstić information content (AvgIpc) is 2.64. The number of hydrogen-bond donors (Lipinski definition) is 0. The van der Waals surface area contributed by atoms with Gasteiger partial charge in [-0.3, -0.25) is 0 Å². The van der Waals surface area contributed by atoms with Crippen molar-refractivity contribution in [2.45, 2.75) is 46.6 Å². The highest BCUT2D eigenvalue weighted by atomic mass is 28.4. The lowest BCUT2D eigenvalue weighted by molar-refractivity contribution is -0.138. The molecule has 0 fully saturated rings. The van der Waals surface area contributed by atoms with Crippen molar-refractivity contribution in [2.24, 2.45) is 0 Å². The summed E-state index contributed by atoms with van der Waals surface area (Å²) in [6.07, 6.45) is 3.83. The Kier molecular flexibility index (Phi) is 18.8. The zero-order chi connectivity index (χ0) is 20.3. The molecule has 0 amide bonds. The lowest BCUT2D eigenvalue weighted by Gasteiger charge is -2.28. The van der Waals surface area contributed by atoms with Gasteiger partial charge in [0.2, 0.25) is 0 Å². The van der Waals surface area contributed by atoms with Crippen molar-refractivity contribution in [1.29, 1.82) is 0 Å². The van der Waals surface area contributed by atoms with Gasteiger partial charge < -0.3 is 22.8 Å². The Labute approximate surface area is 158 Å². The van der Waals surface area contributed by atoms with Crippen LogP contribution in [0, 0.1) is 0 Å². The topological polar surface area (TPSA) is 80.3 Å². The van der Waals surface area contributed by atoms with Crippen LogP contribution in [0.15, 0.2) is 25.3 Å². The van der Waals surface area contributed by atoms with Crippen LogP contribution in [-0.4, -0.2) is 53.8 Å². The molecule has 0 rings (SSSR count). The number of carbonyl (C=O) groups is 2. The van der Waals surface area contributed by atoms with Crippen LogP contribution >= 0.6 is 0 Å². The van der Waals surface area contributed by atoms with Crippen molar-refractivity contribution in [3.63, 3.8) is 0 Å². The van der Waals surface area contributed by atoms with E-state index in [1.807, 2.05) is 27.7 Å². The molecule has 0 aromatic heterocycles. The van der Waals surface area contributed by atoms with Crippen LogP contribution < -0.4 is 0 Å². The summed E-state index contributed by atoms with van der Waals surface area (Å²) >= 11 is 0. The van der Waals surface area contributed by atoms with E-state index in [1.54, 1.807) is 0 Å². The molecule has 0 aromatic rings. The predicted molar refractivity (Wildman–Crippen MR) is 103 cm³/mol. The maximum Gasteiger partial charge on any atom is 0.501 e. The third-order valence-corrected chi connectivity index (χ3v) is 5.90. The van der Waals surface area contributed by atoms with Gasteiger partial charge in [-0.15, -0.1) is 0 Å². The molecule has 0 spiro atoms. The zero-order valence-corrected chi connectivity index (χ0v) is 17.6. The molecule has 0 aliphatic carbocycles. The number of hydrogen-bond acceptors (Lipinski definition) is 7. The van der Waals surface area contributed by atoms with E-state index in [2.05, 4.69) is 17.9 Å². The number of esters is 2. The van der Waals surface area contributed by atoms with Crippen molar-refractivity contribution in [2.75, 3.05) is 33.0 Å². The van der Waals surface area contributed by atoms with E-state index in [1.165, 1.54) is 0 Å². The molecule has 26 heavy (non-hydrogen) atoms. The van der Waals surface area contributed by atoms with Crippen molar-refractivity contribution >= 4 is 20.7 Å². The summed E-state index contributed by atoms with van der Waals surface area (Å²) in [5.74, 6) is -0.752. The van der Waals surface area contributed by atoms with E-state index in [4.69, 9.17) is 18.0 Å². The van der Waals surface area contributed by atoms with E-state index in [0.29, 0.717) is 45.5 Å². The molecule has 0 radical (unpaired) electrons. The summed E-state index contributed by atoms with van der Waals surface area (Å²) in [5, 5.41) is 0. The Morgan fingerprint density at radius 3 is 1.58 bits per heavy atom. The third kappa shape index (κ3) is 14.8. The summed E-state index contributed by atoms with van der Waals surface area (Å²) in [7, 11) is -2.59. The first-order chi connectivity index (χ1) is 12.4. The molecule has 0 aromatic carbocycles. The molecule has 7 nitrogen and oxygen atoms in total. The highest BCUT2D eigenvalue weighted by Crippen LogP contribution is 2.18.